The van der Waals surface area contributed by atoms with E-state index in [-0.39, 0.29) is 6.04 Å². The zero-order chi connectivity index (χ0) is 14.7. The first-order valence-electron chi connectivity index (χ1n) is 7.25. The lowest BCUT2D eigenvalue weighted by atomic mass is 10.1. The second kappa shape index (κ2) is 6.10. The fourth-order valence-electron chi connectivity index (χ4n) is 2.71. The molecule has 0 aliphatic carbocycles. The maximum Gasteiger partial charge on any atom is 0.151 e. The minimum Gasteiger partial charge on any atom is -0.496 e. The zero-order valence-corrected chi connectivity index (χ0v) is 12.2. The summed E-state index contributed by atoms with van der Waals surface area (Å²) in [4.78, 5) is 2.20. The first-order valence-corrected chi connectivity index (χ1v) is 7.25. The molecular formula is C16H20N4O. The standard InChI is InChI=1S/C16H20N4O/c1-21-15-7-3-2-6-13(15)14-8-9-16(19-18-14)20-10-4-5-12(17)11-20/h2-3,6-9,12H,4-5,10-11,17H2,1H3. The zero-order valence-electron chi connectivity index (χ0n) is 12.2. The molecule has 1 saturated heterocycles. The van der Waals surface area contributed by atoms with E-state index in [4.69, 9.17) is 10.5 Å². The number of piperidine rings is 1. The maximum absolute atomic E-state index is 6.01. The molecule has 1 fully saturated rings. The number of hydrogen-bond donors (Lipinski definition) is 1. The van der Waals surface area contributed by atoms with E-state index in [2.05, 4.69) is 15.1 Å². The number of ether oxygens (including phenoxy) is 1. The van der Waals surface area contributed by atoms with Crippen molar-refractivity contribution < 1.29 is 4.74 Å². The van der Waals surface area contributed by atoms with Crippen LogP contribution in [0.2, 0.25) is 0 Å². The van der Waals surface area contributed by atoms with Crippen molar-refractivity contribution in [3.05, 3.63) is 36.4 Å². The van der Waals surface area contributed by atoms with Gasteiger partial charge in [0, 0.05) is 24.7 Å². The minimum absolute atomic E-state index is 0.231. The predicted octanol–water partition coefficient (Wildman–Crippen LogP) is 2.08. The van der Waals surface area contributed by atoms with Crippen molar-refractivity contribution in [2.75, 3.05) is 25.1 Å². The van der Waals surface area contributed by atoms with Gasteiger partial charge in [-0.1, -0.05) is 12.1 Å². The highest BCUT2D eigenvalue weighted by Gasteiger charge is 2.18. The lowest BCUT2D eigenvalue weighted by molar-refractivity contribution is 0.416. The van der Waals surface area contributed by atoms with E-state index in [1.165, 1.54) is 0 Å². The Bertz CT molecular complexity index is 599. The smallest absolute Gasteiger partial charge is 0.151 e. The molecule has 1 unspecified atom stereocenters. The van der Waals surface area contributed by atoms with Crippen molar-refractivity contribution in [1.82, 2.24) is 10.2 Å². The first kappa shape index (κ1) is 13.8. The van der Waals surface area contributed by atoms with Gasteiger partial charge >= 0.3 is 0 Å². The SMILES string of the molecule is COc1ccccc1-c1ccc(N2CCCC(N)C2)nn1. The van der Waals surface area contributed by atoms with E-state index >= 15 is 0 Å². The summed E-state index contributed by atoms with van der Waals surface area (Å²) in [5.74, 6) is 1.70. The third kappa shape index (κ3) is 2.97. The van der Waals surface area contributed by atoms with Gasteiger partial charge in [-0.3, -0.25) is 0 Å². The molecule has 2 aromatic rings. The number of nitrogens with zero attached hydrogens (tertiary/aromatic N) is 3. The predicted molar refractivity (Wildman–Crippen MR) is 83.4 cm³/mol. The molecule has 1 atom stereocenters. The Balaban J connectivity index is 1.83. The molecule has 110 valence electrons. The molecule has 1 aliphatic rings. The molecule has 0 saturated carbocycles. The average Bonchev–Trinajstić information content (AvgIpc) is 2.55. The van der Waals surface area contributed by atoms with Crippen LogP contribution < -0.4 is 15.4 Å². The Hall–Kier alpha value is -2.14. The van der Waals surface area contributed by atoms with E-state index in [1.807, 2.05) is 36.4 Å². The fraction of sp³-hybridized carbons (Fsp3) is 0.375. The van der Waals surface area contributed by atoms with Gasteiger partial charge in [-0.05, 0) is 37.1 Å². The van der Waals surface area contributed by atoms with Gasteiger partial charge in [0.1, 0.15) is 5.75 Å². The molecule has 0 bridgehead atoms. The second-order valence-electron chi connectivity index (χ2n) is 5.33. The van der Waals surface area contributed by atoms with Gasteiger partial charge in [0.2, 0.25) is 0 Å². The Labute approximate surface area is 124 Å². The van der Waals surface area contributed by atoms with Gasteiger partial charge in [-0.25, -0.2) is 0 Å². The van der Waals surface area contributed by atoms with Crippen LogP contribution in [-0.4, -0.2) is 36.4 Å². The Morgan fingerprint density at radius 2 is 2.05 bits per heavy atom. The van der Waals surface area contributed by atoms with Crippen LogP contribution in [0.4, 0.5) is 5.82 Å². The molecule has 0 radical (unpaired) electrons. The highest BCUT2D eigenvalue weighted by Crippen LogP contribution is 2.28. The van der Waals surface area contributed by atoms with Gasteiger partial charge < -0.3 is 15.4 Å². The van der Waals surface area contributed by atoms with Gasteiger partial charge in [0.15, 0.2) is 5.82 Å². The summed E-state index contributed by atoms with van der Waals surface area (Å²) >= 11 is 0. The molecule has 1 aromatic carbocycles. The molecular weight excluding hydrogens is 264 g/mol. The third-order valence-corrected chi connectivity index (χ3v) is 3.82. The lowest BCUT2D eigenvalue weighted by Gasteiger charge is -2.31. The van der Waals surface area contributed by atoms with Crippen molar-refractivity contribution in [1.29, 1.82) is 0 Å². The molecule has 2 N–H and O–H groups in total. The van der Waals surface area contributed by atoms with Crippen LogP contribution in [0.3, 0.4) is 0 Å². The normalized spacial score (nSPS) is 18.6. The van der Waals surface area contributed by atoms with E-state index in [9.17, 15) is 0 Å². The topological polar surface area (TPSA) is 64.3 Å². The largest absolute Gasteiger partial charge is 0.496 e. The van der Waals surface area contributed by atoms with Crippen molar-refractivity contribution in [3.63, 3.8) is 0 Å². The number of hydrogen-bond acceptors (Lipinski definition) is 5. The summed E-state index contributed by atoms with van der Waals surface area (Å²) in [6.45, 7) is 1.85. The van der Waals surface area contributed by atoms with Crippen LogP contribution in [0.5, 0.6) is 5.75 Å². The molecule has 21 heavy (non-hydrogen) atoms. The van der Waals surface area contributed by atoms with Crippen LogP contribution in [0, 0.1) is 0 Å². The lowest BCUT2D eigenvalue weighted by Crippen LogP contribution is -2.43. The summed E-state index contributed by atoms with van der Waals surface area (Å²) in [5.41, 5.74) is 7.79. The summed E-state index contributed by atoms with van der Waals surface area (Å²) in [5, 5.41) is 8.70. The highest BCUT2D eigenvalue weighted by atomic mass is 16.5. The van der Waals surface area contributed by atoms with E-state index in [0.29, 0.717) is 0 Å². The quantitative estimate of drug-likeness (QED) is 0.935. The van der Waals surface area contributed by atoms with Crippen LogP contribution in [0.1, 0.15) is 12.8 Å². The van der Waals surface area contributed by atoms with Crippen molar-refractivity contribution in [3.8, 4) is 17.0 Å². The van der Waals surface area contributed by atoms with Crippen LogP contribution in [-0.2, 0) is 0 Å². The Kier molecular flexibility index (Phi) is 4.01. The average molecular weight is 284 g/mol. The number of anilines is 1. The van der Waals surface area contributed by atoms with Gasteiger partial charge in [-0.2, -0.15) is 0 Å². The third-order valence-electron chi connectivity index (χ3n) is 3.82. The number of nitrogens with two attached hydrogens (primary N) is 1. The Morgan fingerprint density at radius 1 is 1.19 bits per heavy atom. The second-order valence-corrected chi connectivity index (χ2v) is 5.33. The van der Waals surface area contributed by atoms with Gasteiger partial charge in [-0.15, -0.1) is 10.2 Å². The molecule has 1 aliphatic heterocycles. The maximum atomic E-state index is 6.01. The van der Waals surface area contributed by atoms with Crippen molar-refractivity contribution >= 4 is 5.82 Å². The summed E-state index contributed by atoms with van der Waals surface area (Å²) in [7, 11) is 1.66. The highest BCUT2D eigenvalue weighted by molar-refractivity contribution is 5.67. The van der Waals surface area contributed by atoms with E-state index in [1.54, 1.807) is 7.11 Å². The van der Waals surface area contributed by atoms with Crippen molar-refractivity contribution in [2.45, 2.75) is 18.9 Å². The number of aromatic nitrogens is 2. The monoisotopic (exact) mass is 284 g/mol. The van der Waals surface area contributed by atoms with E-state index < -0.39 is 0 Å². The molecule has 5 nitrogen and oxygen atoms in total. The van der Waals surface area contributed by atoms with Gasteiger partial charge in [0.25, 0.3) is 0 Å². The van der Waals surface area contributed by atoms with Crippen LogP contribution >= 0.6 is 0 Å². The summed E-state index contributed by atoms with van der Waals surface area (Å²) in [6, 6.07) is 12.0. The molecule has 1 aromatic heterocycles. The summed E-state index contributed by atoms with van der Waals surface area (Å²) < 4.78 is 5.37. The van der Waals surface area contributed by atoms with Crippen molar-refractivity contribution in [2.24, 2.45) is 5.73 Å². The molecule has 0 amide bonds. The van der Waals surface area contributed by atoms with E-state index in [0.717, 1.165) is 48.8 Å². The number of para-hydroxylation sites is 1. The first-order chi connectivity index (χ1) is 10.3. The number of benzene rings is 1. The Morgan fingerprint density at radius 3 is 2.76 bits per heavy atom. The van der Waals surface area contributed by atoms with Gasteiger partial charge in [0.05, 0.1) is 12.8 Å². The summed E-state index contributed by atoms with van der Waals surface area (Å²) in [6.07, 6.45) is 2.19. The molecule has 2 heterocycles. The fourth-order valence-corrected chi connectivity index (χ4v) is 2.71. The molecule has 3 rings (SSSR count). The number of methoxy groups -OCH3 is 1. The van der Waals surface area contributed by atoms with Crippen LogP contribution in [0.15, 0.2) is 36.4 Å². The molecule has 0 spiro atoms. The minimum atomic E-state index is 0.231. The molecule has 5 heteroatoms. The number of rotatable bonds is 3. The van der Waals surface area contributed by atoms with Crippen LogP contribution in [0.25, 0.3) is 11.3 Å².